The molecule has 100 valence electrons. The van der Waals surface area contributed by atoms with Crippen molar-refractivity contribution in [2.24, 2.45) is 0 Å². The highest BCUT2D eigenvalue weighted by molar-refractivity contribution is 5.88. The molecule has 2 rings (SSSR count). The zero-order valence-electron chi connectivity index (χ0n) is 9.36. The Kier molecular flexibility index (Phi) is 3.20. The number of halogens is 3. The van der Waals surface area contributed by atoms with Crippen molar-refractivity contribution in [2.75, 3.05) is 0 Å². The summed E-state index contributed by atoms with van der Waals surface area (Å²) < 4.78 is 39.9. The van der Waals surface area contributed by atoms with Gasteiger partial charge in [0.05, 0.1) is 0 Å². The summed E-state index contributed by atoms with van der Waals surface area (Å²) in [5, 5.41) is 8.97. The van der Waals surface area contributed by atoms with E-state index in [9.17, 15) is 18.0 Å². The lowest BCUT2D eigenvalue weighted by Crippen LogP contribution is -2.16. The summed E-state index contributed by atoms with van der Waals surface area (Å²) in [5.41, 5.74) is 1.06. The summed E-state index contributed by atoms with van der Waals surface area (Å²) in [5.74, 6) is -1.44. The minimum atomic E-state index is -4.74. The van der Waals surface area contributed by atoms with Crippen LogP contribution in [0.5, 0.6) is 5.75 Å². The van der Waals surface area contributed by atoms with Crippen molar-refractivity contribution in [2.45, 2.75) is 6.36 Å². The van der Waals surface area contributed by atoms with Crippen LogP contribution >= 0.6 is 0 Å². The van der Waals surface area contributed by atoms with Gasteiger partial charge in [-0.15, -0.1) is 13.2 Å². The number of nitrogens with one attached hydrogen (secondary N) is 1. The van der Waals surface area contributed by atoms with E-state index in [1.165, 1.54) is 30.3 Å². The summed E-state index contributed by atoms with van der Waals surface area (Å²) in [6.45, 7) is 0. The van der Waals surface area contributed by atoms with E-state index < -0.39 is 12.3 Å². The van der Waals surface area contributed by atoms with Gasteiger partial charge in [-0.1, -0.05) is 0 Å². The minimum absolute atomic E-state index is 0.326. The molecule has 0 radical (unpaired) electrons. The predicted octanol–water partition coefficient (Wildman–Crippen LogP) is 3.16. The summed E-state index contributed by atoms with van der Waals surface area (Å²) in [7, 11) is 0. The van der Waals surface area contributed by atoms with Crippen LogP contribution in [0, 0.1) is 0 Å². The molecule has 0 saturated carbocycles. The molecular formula is C12H8F3NO3. The normalized spacial score (nSPS) is 12.2. The number of alkyl halides is 3. The monoisotopic (exact) mass is 271 g/mol. The van der Waals surface area contributed by atoms with Gasteiger partial charge in [-0.3, -0.25) is 0 Å². The first-order chi connectivity index (χ1) is 8.83. The van der Waals surface area contributed by atoms with Crippen LogP contribution in [0.1, 0.15) is 5.69 Å². The molecule has 0 spiro atoms. The van der Waals surface area contributed by atoms with Crippen LogP contribution in [0.2, 0.25) is 0 Å². The fraction of sp³-hybridized carbons (Fsp3) is 0.0833. The molecule has 1 heterocycles. The van der Waals surface area contributed by atoms with E-state index in [0.29, 0.717) is 16.6 Å². The summed E-state index contributed by atoms with van der Waals surface area (Å²) >= 11 is 0. The number of hydrogen-bond acceptors (Lipinski definition) is 2. The zero-order valence-corrected chi connectivity index (χ0v) is 9.36. The second-order valence-corrected chi connectivity index (χ2v) is 3.69. The molecule has 2 N–H and O–H groups in total. The smallest absolute Gasteiger partial charge is 0.478 e. The van der Waals surface area contributed by atoms with Crippen LogP contribution in [0.15, 0.2) is 30.3 Å². The lowest BCUT2D eigenvalue weighted by atomic mass is 10.2. The van der Waals surface area contributed by atoms with Gasteiger partial charge in [0, 0.05) is 22.7 Å². The maximum absolute atomic E-state index is 12.0. The van der Waals surface area contributed by atoms with Crippen molar-refractivity contribution < 1.29 is 27.8 Å². The molecule has 0 fully saturated rings. The number of hydrogen-bond donors (Lipinski definition) is 2. The number of ether oxygens (including phenoxy) is 1. The van der Waals surface area contributed by atoms with Gasteiger partial charge in [-0.2, -0.15) is 0 Å². The highest BCUT2D eigenvalue weighted by Crippen LogP contribution is 2.27. The van der Waals surface area contributed by atoms with E-state index in [1.54, 1.807) is 0 Å². The van der Waals surface area contributed by atoms with Gasteiger partial charge in [-0.25, -0.2) is 4.79 Å². The fourth-order valence-electron chi connectivity index (χ4n) is 1.58. The first-order valence-electron chi connectivity index (χ1n) is 5.13. The fourth-order valence-corrected chi connectivity index (χ4v) is 1.58. The van der Waals surface area contributed by atoms with Gasteiger partial charge in [0.1, 0.15) is 5.75 Å². The molecule has 0 amide bonds. The Morgan fingerprint density at radius 1 is 1.32 bits per heavy atom. The number of fused-ring (bicyclic) bond motifs is 1. The lowest BCUT2D eigenvalue weighted by Gasteiger charge is -2.08. The summed E-state index contributed by atoms with van der Waals surface area (Å²) in [6.07, 6.45) is -2.50. The van der Waals surface area contributed by atoms with Gasteiger partial charge < -0.3 is 14.8 Å². The predicted molar refractivity (Wildman–Crippen MR) is 61.7 cm³/mol. The number of aliphatic carboxylic acids is 1. The van der Waals surface area contributed by atoms with E-state index >= 15 is 0 Å². The SMILES string of the molecule is O=C(O)/C=C/c1cc2cc(OC(F)(F)F)ccc2[nH]1. The second-order valence-electron chi connectivity index (χ2n) is 3.69. The Bertz CT molecular complexity index is 643. The molecule has 1 aromatic heterocycles. The van der Waals surface area contributed by atoms with Crippen molar-refractivity contribution in [3.63, 3.8) is 0 Å². The average molecular weight is 271 g/mol. The van der Waals surface area contributed by atoms with Crippen LogP contribution in [-0.2, 0) is 4.79 Å². The second kappa shape index (κ2) is 4.68. The Morgan fingerprint density at radius 2 is 2.05 bits per heavy atom. The van der Waals surface area contributed by atoms with E-state index in [0.717, 1.165) is 6.08 Å². The van der Waals surface area contributed by atoms with Crippen molar-refractivity contribution in [3.8, 4) is 5.75 Å². The zero-order chi connectivity index (χ0) is 14.0. The molecule has 1 aromatic carbocycles. The minimum Gasteiger partial charge on any atom is -0.478 e. The first-order valence-corrected chi connectivity index (χ1v) is 5.13. The highest BCUT2D eigenvalue weighted by Gasteiger charge is 2.31. The average Bonchev–Trinajstić information content (AvgIpc) is 2.66. The molecule has 0 aliphatic carbocycles. The number of benzene rings is 1. The van der Waals surface area contributed by atoms with Crippen LogP contribution in [0.4, 0.5) is 13.2 Å². The van der Waals surface area contributed by atoms with Crippen molar-refractivity contribution in [1.82, 2.24) is 4.98 Å². The Morgan fingerprint density at radius 3 is 2.68 bits per heavy atom. The summed E-state index contributed by atoms with van der Waals surface area (Å²) in [4.78, 5) is 13.2. The topological polar surface area (TPSA) is 62.3 Å². The maximum Gasteiger partial charge on any atom is 0.573 e. The molecule has 0 saturated heterocycles. The molecular weight excluding hydrogens is 263 g/mol. The molecule has 0 bridgehead atoms. The number of aromatic amines is 1. The molecule has 7 heteroatoms. The Hall–Kier alpha value is -2.44. The number of H-pyrrole nitrogens is 1. The highest BCUT2D eigenvalue weighted by atomic mass is 19.4. The van der Waals surface area contributed by atoms with Crippen molar-refractivity contribution in [3.05, 3.63) is 36.0 Å². The van der Waals surface area contributed by atoms with Crippen molar-refractivity contribution >= 4 is 22.9 Å². The standard InChI is InChI=1S/C12H8F3NO3/c13-12(14,15)19-9-2-3-10-7(6-9)5-8(16-10)1-4-11(17)18/h1-6,16H,(H,17,18)/b4-1+. The van der Waals surface area contributed by atoms with Crippen LogP contribution in [0.25, 0.3) is 17.0 Å². The third-order valence-corrected chi connectivity index (χ3v) is 2.25. The Labute approximate surface area is 105 Å². The number of aromatic nitrogens is 1. The van der Waals surface area contributed by atoms with Gasteiger partial charge in [0.15, 0.2) is 0 Å². The summed E-state index contributed by atoms with van der Waals surface area (Å²) in [6, 6.07) is 5.35. The third kappa shape index (κ3) is 3.51. The van der Waals surface area contributed by atoms with Gasteiger partial charge in [0.2, 0.25) is 0 Å². The molecule has 4 nitrogen and oxygen atoms in total. The molecule has 19 heavy (non-hydrogen) atoms. The van der Waals surface area contributed by atoms with Crippen LogP contribution in [-0.4, -0.2) is 22.4 Å². The van der Waals surface area contributed by atoms with Gasteiger partial charge in [0.25, 0.3) is 0 Å². The largest absolute Gasteiger partial charge is 0.573 e. The third-order valence-electron chi connectivity index (χ3n) is 2.25. The van der Waals surface area contributed by atoms with Gasteiger partial charge >= 0.3 is 12.3 Å². The first kappa shape index (κ1) is 13.0. The van der Waals surface area contributed by atoms with E-state index in [-0.39, 0.29) is 5.75 Å². The molecule has 0 atom stereocenters. The Balaban J connectivity index is 2.31. The maximum atomic E-state index is 12.0. The lowest BCUT2D eigenvalue weighted by molar-refractivity contribution is -0.274. The van der Waals surface area contributed by atoms with Crippen LogP contribution in [0.3, 0.4) is 0 Å². The number of carboxylic acid groups (broad SMARTS) is 1. The number of rotatable bonds is 3. The molecule has 0 unspecified atom stereocenters. The molecule has 2 aromatic rings. The van der Waals surface area contributed by atoms with E-state index in [2.05, 4.69) is 9.72 Å². The molecule has 0 aliphatic heterocycles. The van der Waals surface area contributed by atoms with Crippen molar-refractivity contribution in [1.29, 1.82) is 0 Å². The quantitative estimate of drug-likeness (QED) is 0.843. The number of carboxylic acids is 1. The van der Waals surface area contributed by atoms with Gasteiger partial charge in [-0.05, 0) is 30.3 Å². The van der Waals surface area contributed by atoms with Crippen LogP contribution < -0.4 is 4.74 Å². The van der Waals surface area contributed by atoms with E-state index in [1.807, 2.05) is 0 Å². The van der Waals surface area contributed by atoms with E-state index in [4.69, 9.17) is 5.11 Å². The molecule has 0 aliphatic rings. The number of carbonyl (C=O) groups is 1.